The molecule has 0 N–H and O–H groups in total. The number of hydrogen-bond acceptors (Lipinski definition) is 4. The van der Waals surface area contributed by atoms with Crippen LogP contribution in [0.5, 0.6) is 0 Å². The molecule has 0 unspecified atom stereocenters. The zero-order valence-corrected chi connectivity index (χ0v) is 18.9. The van der Waals surface area contributed by atoms with Crippen molar-refractivity contribution >= 4 is 5.91 Å². The molecule has 1 aromatic carbocycles. The summed E-state index contributed by atoms with van der Waals surface area (Å²) in [6, 6.07) is 6.69. The van der Waals surface area contributed by atoms with Gasteiger partial charge >= 0.3 is 0 Å². The molecule has 1 spiro atoms. The molecule has 3 heterocycles. The average Bonchev–Trinajstić information content (AvgIpc) is 3.51. The second-order valence-electron chi connectivity index (χ2n) is 9.68. The summed E-state index contributed by atoms with van der Waals surface area (Å²) in [5, 5.41) is 0. The third kappa shape index (κ3) is 4.46. The molecule has 6 nitrogen and oxygen atoms in total. The minimum atomic E-state index is -0.395. The average molecular weight is 441 g/mol. The Balaban J connectivity index is 1.20. The molecule has 7 heteroatoms. The molecule has 2 aliphatic heterocycles. The molecule has 3 aliphatic rings. The standard InChI is InChI=1S/C25H33FN4O2/c1-28(17-19-6-7-19)18-21-16-27-24-25(32-15-14-30(21)24)10-12-29(13-11-25)23(31)9-8-20-4-2-3-5-22(20)26/h2-5,16,19H,6-15,17-18H2,1H3. The van der Waals surface area contributed by atoms with Crippen molar-refractivity contribution in [2.45, 2.75) is 57.2 Å². The predicted molar refractivity (Wildman–Crippen MR) is 119 cm³/mol. The van der Waals surface area contributed by atoms with Crippen LogP contribution in [0.15, 0.2) is 30.5 Å². The summed E-state index contributed by atoms with van der Waals surface area (Å²) in [4.78, 5) is 21.9. The molecule has 1 saturated heterocycles. The SMILES string of the molecule is CN(Cc1cnc2n1CCOC21CCN(C(=O)CCc2ccccc2F)CC1)CC1CC1. The van der Waals surface area contributed by atoms with E-state index in [4.69, 9.17) is 9.72 Å². The lowest BCUT2D eigenvalue weighted by Gasteiger charge is -2.43. The van der Waals surface area contributed by atoms with Crippen LogP contribution in [-0.4, -0.2) is 58.5 Å². The Kier molecular flexibility index (Phi) is 6.03. The highest BCUT2D eigenvalue weighted by Crippen LogP contribution is 2.39. The van der Waals surface area contributed by atoms with Crippen molar-refractivity contribution in [3.8, 4) is 0 Å². The molecule has 2 aromatic rings. The molecular weight excluding hydrogens is 407 g/mol. The van der Waals surface area contributed by atoms with Crippen molar-refractivity contribution in [1.82, 2.24) is 19.4 Å². The topological polar surface area (TPSA) is 50.6 Å². The molecule has 1 aromatic heterocycles. The molecule has 2 fully saturated rings. The normalized spacial score (nSPS) is 20.0. The molecule has 32 heavy (non-hydrogen) atoms. The summed E-state index contributed by atoms with van der Waals surface area (Å²) in [6.07, 6.45) is 7.02. The highest BCUT2D eigenvalue weighted by molar-refractivity contribution is 5.76. The van der Waals surface area contributed by atoms with Crippen LogP contribution in [0.4, 0.5) is 4.39 Å². The van der Waals surface area contributed by atoms with Gasteiger partial charge in [0, 0.05) is 58.2 Å². The molecule has 1 amide bonds. The zero-order valence-electron chi connectivity index (χ0n) is 18.9. The van der Waals surface area contributed by atoms with Crippen LogP contribution >= 0.6 is 0 Å². The number of piperidine rings is 1. The van der Waals surface area contributed by atoms with Gasteiger partial charge in [0.2, 0.25) is 5.91 Å². The van der Waals surface area contributed by atoms with Crippen LogP contribution < -0.4 is 0 Å². The quantitative estimate of drug-likeness (QED) is 0.663. The van der Waals surface area contributed by atoms with E-state index in [0.29, 0.717) is 38.1 Å². The lowest BCUT2D eigenvalue weighted by molar-refractivity contribution is -0.144. The van der Waals surface area contributed by atoms with Gasteiger partial charge in [0.25, 0.3) is 0 Å². The first-order valence-electron chi connectivity index (χ1n) is 11.9. The van der Waals surface area contributed by atoms with E-state index in [-0.39, 0.29) is 11.7 Å². The molecule has 172 valence electrons. The van der Waals surface area contributed by atoms with E-state index in [1.807, 2.05) is 17.2 Å². The van der Waals surface area contributed by atoms with Crippen LogP contribution in [0.3, 0.4) is 0 Å². The fourth-order valence-electron chi connectivity index (χ4n) is 5.22. The van der Waals surface area contributed by atoms with Crippen molar-refractivity contribution in [3.63, 3.8) is 0 Å². The monoisotopic (exact) mass is 440 g/mol. The van der Waals surface area contributed by atoms with Gasteiger partial charge in [-0.05, 0) is 43.9 Å². The van der Waals surface area contributed by atoms with Gasteiger partial charge in [-0.25, -0.2) is 9.37 Å². The molecule has 5 rings (SSSR count). The van der Waals surface area contributed by atoms with E-state index in [1.165, 1.54) is 24.6 Å². The Morgan fingerprint density at radius 1 is 1.25 bits per heavy atom. The van der Waals surface area contributed by atoms with Crippen LogP contribution in [0.1, 0.15) is 49.2 Å². The summed E-state index contributed by atoms with van der Waals surface area (Å²) in [5.41, 5.74) is 1.47. The van der Waals surface area contributed by atoms with Crippen LogP contribution in [0.2, 0.25) is 0 Å². The highest BCUT2D eigenvalue weighted by atomic mass is 19.1. The van der Waals surface area contributed by atoms with Gasteiger partial charge in [-0.1, -0.05) is 18.2 Å². The Morgan fingerprint density at radius 2 is 2.03 bits per heavy atom. The first-order valence-corrected chi connectivity index (χ1v) is 11.9. The third-order valence-electron chi connectivity index (χ3n) is 7.23. The zero-order chi connectivity index (χ0) is 22.1. The summed E-state index contributed by atoms with van der Waals surface area (Å²) in [5.74, 6) is 1.75. The smallest absolute Gasteiger partial charge is 0.222 e. The van der Waals surface area contributed by atoms with Crippen LogP contribution in [-0.2, 0) is 34.6 Å². The van der Waals surface area contributed by atoms with Crippen molar-refractivity contribution in [2.24, 2.45) is 5.92 Å². The molecule has 0 bridgehead atoms. The van der Waals surface area contributed by atoms with E-state index in [2.05, 4.69) is 16.5 Å². The number of nitrogens with zero attached hydrogens (tertiary/aromatic N) is 4. The van der Waals surface area contributed by atoms with Gasteiger partial charge in [-0.15, -0.1) is 0 Å². The van der Waals surface area contributed by atoms with E-state index < -0.39 is 5.60 Å². The number of rotatable bonds is 7. The minimum Gasteiger partial charge on any atom is -0.365 e. The Hall–Kier alpha value is -2.25. The number of halogens is 1. The van der Waals surface area contributed by atoms with E-state index >= 15 is 0 Å². The Bertz CT molecular complexity index is 963. The minimum absolute atomic E-state index is 0.0876. The summed E-state index contributed by atoms with van der Waals surface area (Å²) >= 11 is 0. The largest absolute Gasteiger partial charge is 0.365 e. The highest BCUT2D eigenvalue weighted by Gasteiger charge is 2.44. The van der Waals surface area contributed by atoms with Gasteiger partial charge in [0.1, 0.15) is 17.2 Å². The molecule has 1 saturated carbocycles. The number of imidazole rings is 1. The number of benzene rings is 1. The lowest BCUT2D eigenvalue weighted by atomic mass is 9.89. The van der Waals surface area contributed by atoms with Crippen LogP contribution in [0, 0.1) is 11.7 Å². The van der Waals surface area contributed by atoms with Gasteiger partial charge in [0.05, 0.1) is 12.3 Å². The number of hydrogen-bond donors (Lipinski definition) is 0. The van der Waals surface area contributed by atoms with E-state index in [1.54, 1.807) is 12.1 Å². The van der Waals surface area contributed by atoms with Gasteiger partial charge < -0.3 is 19.1 Å². The van der Waals surface area contributed by atoms with Crippen LogP contribution in [0.25, 0.3) is 0 Å². The van der Waals surface area contributed by atoms with E-state index in [9.17, 15) is 9.18 Å². The number of carbonyl (C=O) groups is 1. The number of amides is 1. The number of aromatic nitrogens is 2. The van der Waals surface area contributed by atoms with Crippen molar-refractivity contribution in [2.75, 3.05) is 33.3 Å². The fourth-order valence-corrected chi connectivity index (χ4v) is 5.22. The third-order valence-corrected chi connectivity index (χ3v) is 7.23. The predicted octanol–water partition coefficient (Wildman–Crippen LogP) is 3.34. The molecular formula is C25H33FN4O2. The molecule has 0 atom stereocenters. The number of carbonyl (C=O) groups excluding carboxylic acids is 1. The van der Waals surface area contributed by atoms with Crippen molar-refractivity contribution < 1.29 is 13.9 Å². The molecule has 0 radical (unpaired) electrons. The maximum atomic E-state index is 13.9. The first-order chi connectivity index (χ1) is 15.5. The maximum absolute atomic E-state index is 13.9. The fraction of sp³-hybridized carbons (Fsp3) is 0.600. The van der Waals surface area contributed by atoms with Gasteiger partial charge in [0.15, 0.2) is 0 Å². The second-order valence-corrected chi connectivity index (χ2v) is 9.68. The number of likely N-dealkylation sites (tertiary alicyclic amines) is 1. The second kappa shape index (κ2) is 8.94. The summed E-state index contributed by atoms with van der Waals surface area (Å²) in [7, 11) is 2.19. The number of ether oxygens (including phenoxy) is 1. The lowest BCUT2D eigenvalue weighted by Crippen LogP contribution is -2.50. The van der Waals surface area contributed by atoms with Crippen molar-refractivity contribution in [1.29, 1.82) is 0 Å². The van der Waals surface area contributed by atoms with Crippen molar-refractivity contribution in [3.05, 3.63) is 53.4 Å². The number of aryl methyl sites for hydroxylation is 1. The Morgan fingerprint density at radius 3 is 2.78 bits per heavy atom. The summed E-state index contributed by atoms with van der Waals surface area (Å²) in [6.45, 7) is 4.91. The molecule has 1 aliphatic carbocycles. The first kappa shape index (κ1) is 21.6. The maximum Gasteiger partial charge on any atom is 0.222 e. The Labute approximate surface area is 189 Å². The van der Waals surface area contributed by atoms with Gasteiger partial charge in [-0.2, -0.15) is 0 Å². The number of fused-ring (bicyclic) bond motifs is 2. The van der Waals surface area contributed by atoms with E-state index in [0.717, 1.165) is 44.2 Å². The summed E-state index contributed by atoms with van der Waals surface area (Å²) < 4.78 is 22.5. The van der Waals surface area contributed by atoms with Gasteiger partial charge in [-0.3, -0.25) is 4.79 Å².